The van der Waals surface area contributed by atoms with E-state index in [1.807, 2.05) is 43.0 Å². The predicted octanol–water partition coefficient (Wildman–Crippen LogP) is 1.84. The van der Waals surface area contributed by atoms with Crippen molar-refractivity contribution in [2.45, 2.75) is 20.0 Å². The molecule has 2 rings (SSSR count). The zero-order valence-corrected chi connectivity index (χ0v) is 13.5. The summed E-state index contributed by atoms with van der Waals surface area (Å²) in [5.74, 6) is -0.158. The highest BCUT2D eigenvalue weighted by Gasteiger charge is 2.15. The lowest BCUT2D eigenvalue weighted by molar-refractivity contribution is -0.117. The van der Waals surface area contributed by atoms with Crippen LogP contribution in [0, 0.1) is 6.92 Å². The van der Waals surface area contributed by atoms with Crippen molar-refractivity contribution in [2.75, 3.05) is 25.0 Å². The van der Waals surface area contributed by atoms with E-state index in [1.165, 1.54) is 11.3 Å². The van der Waals surface area contributed by atoms with E-state index in [-0.39, 0.29) is 12.5 Å². The van der Waals surface area contributed by atoms with Crippen molar-refractivity contribution < 1.29 is 9.90 Å². The number of aliphatic hydroxyl groups excluding tert-OH is 1. The molecule has 2 aromatic rings. The van der Waals surface area contributed by atoms with Gasteiger partial charge in [-0.2, -0.15) is 0 Å². The molecule has 0 radical (unpaired) electrons. The van der Waals surface area contributed by atoms with Crippen LogP contribution in [0.1, 0.15) is 24.2 Å². The Hall–Kier alpha value is -1.83. The van der Waals surface area contributed by atoms with Gasteiger partial charge in [-0.1, -0.05) is 48.1 Å². The van der Waals surface area contributed by atoms with Gasteiger partial charge in [-0.3, -0.25) is 15.0 Å². The van der Waals surface area contributed by atoms with Gasteiger partial charge in [-0.15, -0.1) is 10.2 Å². The van der Waals surface area contributed by atoms with Gasteiger partial charge in [0.15, 0.2) is 0 Å². The maximum atomic E-state index is 11.9. The number of nitrogens with one attached hydrogen (secondary N) is 1. The molecule has 0 aliphatic heterocycles. The summed E-state index contributed by atoms with van der Waals surface area (Å²) in [6, 6.07) is 7.76. The van der Waals surface area contributed by atoms with Gasteiger partial charge < -0.3 is 5.11 Å². The van der Waals surface area contributed by atoms with E-state index in [0.29, 0.717) is 18.2 Å². The molecule has 2 N–H and O–H groups in total. The summed E-state index contributed by atoms with van der Waals surface area (Å²) in [6.07, 6.45) is -0.616. The monoisotopic (exact) mass is 320 g/mol. The maximum absolute atomic E-state index is 11.9. The van der Waals surface area contributed by atoms with E-state index in [0.717, 1.165) is 11.1 Å². The molecule has 1 amide bonds. The molecule has 7 heteroatoms. The van der Waals surface area contributed by atoms with Gasteiger partial charge >= 0.3 is 0 Å². The molecule has 0 bridgehead atoms. The summed E-state index contributed by atoms with van der Waals surface area (Å²) in [4.78, 5) is 13.8. The summed E-state index contributed by atoms with van der Waals surface area (Å²) in [5.41, 5.74) is 3.57. The molecule has 1 aromatic heterocycles. The molecule has 0 saturated carbocycles. The second-order valence-electron chi connectivity index (χ2n) is 5.05. The number of aromatic nitrogens is 2. The van der Waals surface area contributed by atoms with Crippen LogP contribution in [0.5, 0.6) is 0 Å². The number of carbonyl (C=O) groups excluding carboxylic acids is 1. The first-order valence-corrected chi connectivity index (χ1v) is 7.99. The number of rotatable bonds is 7. The number of anilines is 1. The number of amides is 1. The lowest BCUT2D eigenvalue weighted by Gasteiger charge is -2.23. The first-order chi connectivity index (χ1) is 10.6. The van der Waals surface area contributed by atoms with Crippen LogP contribution in [0.4, 0.5) is 5.13 Å². The average Bonchev–Trinajstić information content (AvgIpc) is 2.99. The van der Waals surface area contributed by atoms with Gasteiger partial charge in [-0.05, 0) is 19.0 Å². The zero-order valence-electron chi connectivity index (χ0n) is 12.7. The minimum atomic E-state index is -0.616. The molecule has 1 heterocycles. The fourth-order valence-corrected chi connectivity index (χ4v) is 2.49. The van der Waals surface area contributed by atoms with E-state index < -0.39 is 6.10 Å². The van der Waals surface area contributed by atoms with E-state index in [1.54, 1.807) is 5.51 Å². The standard InChI is InChI=1S/C15H20N4O2S/c1-3-19(9-14(21)17-15-18-16-10-22-15)8-13(20)12-6-4-11(2)5-7-12/h4-7,10,13,20H,3,8-9H2,1-2H3,(H,17,18,21). The van der Waals surface area contributed by atoms with Crippen LogP contribution in [-0.4, -0.2) is 45.7 Å². The highest BCUT2D eigenvalue weighted by atomic mass is 32.1. The lowest BCUT2D eigenvalue weighted by atomic mass is 10.1. The Morgan fingerprint density at radius 2 is 2.14 bits per heavy atom. The minimum absolute atomic E-state index is 0.158. The summed E-state index contributed by atoms with van der Waals surface area (Å²) in [7, 11) is 0. The van der Waals surface area contributed by atoms with Crippen LogP contribution in [0.25, 0.3) is 0 Å². The van der Waals surface area contributed by atoms with Crippen molar-refractivity contribution in [3.8, 4) is 0 Å². The smallest absolute Gasteiger partial charge is 0.240 e. The Bertz CT molecular complexity index is 586. The molecule has 6 nitrogen and oxygen atoms in total. The van der Waals surface area contributed by atoms with Crippen molar-refractivity contribution in [1.29, 1.82) is 0 Å². The number of aryl methyl sites for hydroxylation is 1. The van der Waals surface area contributed by atoms with Gasteiger partial charge in [0.05, 0.1) is 12.6 Å². The summed E-state index contributed by atoms with van der Waals surface area (Å²) >= 11 is 1.28. The Labute approximate surface area is 133 Å². The number of nitrogens with zero attached hydrogens (tertiary/aromatic N) is 3. The van der Waals surface area contributed by atoms with Gasteiger partial charge in [-0.25, -0.2) is 0 Å². The summed E-state index contributed by atoms with van der Waals surface area (Å²) in [6.45, 7) is 5.25. The molecule has 0 spiro atoms. The molecule has 0 saturated heterocycles. The topological polar surface area (TPSA) is 78.4 Å². The van der Waals surface area contributed by atoms with E-state index in [2.05, 4.69) is 15.5 Å². The number of likely N-dealkylation sites (N-methyl/N-ethyl adjacent to an activating group) is 1. The minimum Gasteiger partial charge on any atom is -0.387 e. The summed E-state index contributed by atoms with van der Waals surface area (Å²) < 4.78 is 0. The van der Waals surface area contributed by atoms with Gasteiger partial charge in [0.2, 0.25) is 11.0 Å². The second kappa shape index (κ2) is 7.98. The quantitative estimate of drug-likeness (QED) is 0.814. The third kappa shape index (κ3) is 4.87. The number of aliphatic hydroxyl groups is 1. The molecule has 0 aliphatic carbocycles. The van der Waals surface area contributed by atoms with Gasteiger partial charge in [0.1, 0.15) is 5.51 Å². The highest BCUT2D eigenvalue weighted by molar-refractivity contribution is 7.13. The highest BCUT2D eigenvalue weighted by Crippen LogP contribution is 2.15. The largest absolute Gasteiger partial charge is 0.387 e. The molecule has 1 unspecified atom stereocenters. The second-order valence-corrected chi connectivity index (χ2v) is 5.88. The molecular weight excluding hydrogens is 300 g/mol. The first-order valence-electron chi connectivity index (χ1n) is 7.11. The van der Waals surface area contributed by atoms with Crippen LogP contribution in [0.3, 0.4) is 0 Å². The molecule has 1 atom stereocenters. The van der Waals surface area contributed by atoms with E-state index in [9.17, 15) is 9.90 Å². The van der Waals surface area contributed by atoms with Crippen molar-refractivity contribution in [3.63, 3.8) is 0 Å². The van der Waals surface area contributed by atoms with Crippen molar-refractivity contribution in [3.05, 3.63) is 40.9 Å². The van der Waals surface area contributed by atoms with Crippen LogP contribution in [0.15, 0.2) is 29.8 Å². The van der Waals surface area contributed by atoms with Crippen molar-refractivity contribution >= 4 is 22.4 Å². The average molecular weight is 320 g/mol. The van der Waals surface area contributed by atoms with E-state index in [4.69, 9.17) is 0 Å². The molecule has 0 aliphatic rings. The Kier molecular flexibility index (Phi) is 6.00. The molecular formula is C15H20N4O2S. The lowest BCUT2D eigenvalue weighted by Crippen LogP contribution is -2.36. The molecule has 0 fully saturated rings. The Morgan fingerprint density at radius 1 is 1.41 bits per heavy atom. The first kappa shape index (κ1) is 16.5. The fraction of sp³-hybridized carbons (Fsp3) is 0.400. The fourth-order valence-electron chi connectivity index (χ4n) is 2.03. The van der Waals surface area contributed by atoms with Crippen LogP contribution < -0.4 is 5.32 Å². The third-order valence-corrected chi connectivity index (χ3v) is 3.92. The van der Waals surface area contributed by atoms with E-state index >= 15 is 0 Å². The van der Waals surface area contributed by atoms with Gasteiger partial charge in [0.25, 0.3) is 0 Å². The van der Waals surface area contributed by atoms with Crippen LogP contribution in [-0.2, 0) is 4.79 Å². The van der Waals surface area contributed by atoms with Crippen molar-refractivity contribution in [2.24, 2.45) is 0 Å². The Balaban J connectivity index is 1.88. The molecule has 118 valence electrons. The zero-order chi connectivity index (χ0) is 15.9. The SMILES string of the molecule is CCN(CC(=O)Nc1nncs1)CC(O)c1ccc(C)cc1. The number of hydrogen-bond acceptors (Lipinski definition) is 6. The number of hydrogen-bond donors (Lipinski definition) is 2. The molecule has 1 aromatic carbocycles. The molecule has 22 heavy (non-hydrogen) atoms. The van der Waals surface area contributed by atoms with Crippen LogP contribution in [0.2, 0.25) is 0 Å². The summed E-state index contributed by atoms with van der Waals surface area (Å²) in [5, 5.41) is 20.9. The van der Waals surface area contributed by atoms with Crippen LogP contribution >= 0.6 is 11.3 Å². The van der Waals surface area contributed by atoms with Gasteiger partial charge in [0, 0.05) is 6.54 Å². The maximum Gasteiger partial charge on any atom is 0.240 e. The third-order valence-electron chi connectivity index (χ3n) is 3.31. The normalized spacial score (nSPS) is 12.4. The number of carbonyl (C=O) groups is 1. The predicted molar refractivity (Wildman–Crippen MR) is 86.8 cm³/mol. The van der Waals surface area contributed by atoms with Crippen molar-refractivity contribution in [1.82, 2.24) is 15.1 Å². The Morgan fingerprint density at radius 3 is 2.73 bits per heavy atom. The number of benzene rings is 1.